The predicted octanol–water partition coefficient (Wildman–Crippen LogP) is 1.91. The van der Waals surface area contributed by atoms with E-state index in [1.807, 2.05) is 0 Å². The predicted molar refractivity (Wildman–Crippen MR) is 86.1 cm³/mol. The fourth-order valence-electron chi connectivity index (χ4n) is 3.03. The van der Waals surface area contributed by atoms with Crippen LogP contribution in [0.4, 0.5) is 5.69 Å². The van der Waals surface area contributed by atoms with Crippen molar-refractivity contribution in [1.29, 1.82) is 0 Å². The second kappa shape index (κ2) is 6.07. The molecule has 2 aliphatic rings. The standard InChI is InChI=1S/C15H17Cl2N3O2/c16-12-2-1-10(7-13(12)17)20-6-4-11(15(20)22)14(21)19-5-3-9(18)8-19/h1-2,7,9,11H,3-6,8,18H2/t9-,11+/m1/s1. The normalized spacial score (nSPS) is 25.1. The van der Waals surface area contributed by atoms with E-state index in [0.717, 1.165) is 6.42 Å². The molecular formula is C15H17Cl2N3O2. The Morgan fingerprint density at radius 3 is 2.59 bits per heavy atom. The van der Waals surface area contributed by atoms with Gasteiger partial charge in [0.25, 0.3) is 0 Å². The number of rotatable bonds is 2. The van der Waals surface area contributed by atoms with Crippen molar-refractivity contribution >= 4 is 40.7 Å². The second-order valence-corrected chi connectivity index (χ2v) is 6.58. The van der Waals surface area contributed by atoms with Gasteiger partial charge in [0.15, 0.2) is 0 Å². The molecule has 22 heavy (non-hydrogen) atoms. The van der Waals surface area contributed by atoms with E-state index in [1.165, 1.54) is 0 Å². The number of carbonyl (C=O) groups excluding carboxylic acids is 2. The van der Waals surface area contributed by atoms with Crippen LogP contribution < -0.4 is 10.6 Å². The van der Waals surface area contributed by atoms with Gasteiger partial charge in [-0.25, -0.2) is 0 Å². The average Bonchev–Trinajstić information content (AvgIpc) is 3.08. The summed E-state index contributed by atoms with van der Waals surface area (Å²) >= 11 is 11.9. The van der Waals surface area contributed by atoms with Crippen LogP contribution in [0, 0.1) is 5.92 Å². The fraction of sp³-hybridized carbons (Fsp3) is 0.467. The monoisotopic (exact) mass is 341 g/mol. The number of hydrogen-bond acceptors (Lipinski definition) is 3. The van der Waals surface area contributed by atoms with Crippen LogP contribution in [0.1, 0.15) is 12.8 Å². The summed E-state index contributed by atoms with van der Waals surface area (Å²) < 4.78 is 0. The molecule has 0 aromatic heterocycles. The molecule has 7 heteroatoms. The van der Waals surface area contributed by atoms with Gasteiger partial charge in [0.1, 0.15) is 5.92 Å². The first-order valence-corrected chi connectivity index (χ1v) is 8.04. The molecule has 2 saturated heterocycles. The van der Waals surface area contributed by atoms with Crippen LogP contribution in [-0.4, -0.2) is 42.4 Å². The minimum absolute atomic E-state index is 0.0200. The molecule has 2 atom stereocenters. The number of benzene rings is 1. The Kier molecular flexibility index (Phi) is 4.30. The molecule has 2 amide bonds. The van der Waals surface area contributed by atoms with Gasteiger partial charge < -0.3 is 15.5 Å². The molecule has 2 heterocycles. The largest absolute Gasteiger partial charge is 0.340 e. The number of nitrogens with two attached hydrogens (primary N) is 1. The summed E-state index contributed by atoms with van der Waals surface area (Å²) in [6.07, 6.45) is 1.31. The Bertz CT molecular complexity index is 623. The van der Waals surface area contributed by atoms with E-state index in [9.17, 15) is 9.59 Å². The molecule has 0 saturated carbocycles. The SMILES string of the molecule is N[C@@H]1CCN(C(=O)[C@@H]2CCN(c3ccc(Cl)c(Cl)c3)C2=O)C1. The van der Waals surface area contributed by atoms with Gasteiger partial charge in [0, 0.05) is 31.4 Å². The summed E-state index contributed by atoms with van der Waals surface area (Å²) in [4.78, 5) is 28.3. The van der Waals surface area contributed by atoms with E-state index in [1.54, 1.807) is 28.0 Å². The summed E-state index contributed by atoms with van der Waals surface area (Å²) in [6, 6.07) is 5.07. The molecule has 5 nitrogen and oxygen atoms in total. The number of halogens is 2. The number of amides is 2. The first-order chi connectivity index (χ1) is 10.5. The molecule has 2 N–H and O–H groups in total. The van der Waals surface area contributed by atoms with Gasteiger partial charge in [0.2, 0.25) is 11.8 Å². The molecule has 0 radical (unpaired) electrons. The van der Waals surface area contributed by atoms with Crippen LogP contribution in [0.3, 0.4) is 0 Å². The van der Waals surface area contributed by atoms with Gasteiger partial charge >= 0.3 is 0 Å². The van der Waals surface area contributed by atoms with E-state index in [2.05, 4.69) is 0 Å². The van der Waals surface area contributed by atoms with Gasteiger partial charge in [-0.1, -0.05) is 23.2 Å². The molecular weight excluding hydrogens is 325 g/mol. The highest BCUT2D eigenvalue weighted by molar-refractivity contribution is 6.42. The maximum absolute atomic E-state index is 12.6. The van der Waals surface area contributed by atoms with Crippen molar-refractivity contribution in [2.45, 2.75) is 18.9 Å². The molecule has 0 unspecified atom stereocenters. The van der Waals surface area contributed by atoms with Crippen molar-refractivity contribution in [1.82, 2.24) is 4.90 Å². The van der Waals surface area contributed by atoms with Crippen LogP contribution >= 0.6 is 23.2 Å². The van der Waals surface area contributed by atoms with Crippen LogP contribution in [0.15, 0.2) is 18.2 Å². The lowest BCUT2D eigenvalue weighted by atomic mass is 10.1. The maximum atomic E-state index is 12.6. The average molecular weight is 342 g/mol. The quantitative estimate of drug-likeness (QED) is 0.835. The lowest BCUT2D eigenvalue weighted by Crippen LogP contribution is -2.40. The summed E-state index contributed by atoms with van der Waals surface area (Å²) in [5, 5.41) is 0.836. The van der Waals surface area contributed by atoms with E-state index < -0.39 is 5.92 Å². The summed E-state index contributed by atoms with van der Waals surface area (Å²) in [5.74, 6) is -0.899. The summed E-state index contributed by atoms with van der Waals surface area (Å²) in [6.45, 7) is 1.68. The van der Waals surface area contributed by atoms with E-state index in [4.69, 9.17) is 28.9 Å². The topological polar surface area (TPSA) is 66.6 Å². The van der Waals surface area contributed by atoms with Crippen molar-refractivity contribution in [3.05, 3.63) is 28.2 Å². The third-order valence-electron chi connectivity index (χ3n) is 4.25. The van der Waals surface area contributed by atoms with Crippen LogP contribution in [0.5, 0.6) is 0 Å². The highest BCUT2D eigenvalue weighted by Gasteiger charge is 2.41. The molecule has 2 fully saturated rings. The first kappa shape index (κ1) is 15.6. The van der Waals surface area contributed by atoms with Gasteiger partial charge in [-0.3, -0.25) is 9.59 Å². The third kappa shape index (κ3) is 2.81. The lowest BCUT2D eigenvalue weighted by Gasteiger charge is -2.20. The van der Waals surface area contributed by atoms with E-state index in [-0.39, 0.29) is 17.9 Å². The molecule has 118 valence electrons. The molecule has 2 aliphatic heterocycles. The van der Waals surface area contributed by atoms with Crippen molar-refractivity contribution in [2.75, 3.05) is 24.5 Å². The number of hydrogen-bond donors (Lipinski definition) is 1. The van der Waals surface area contributed by atoms with E-state index in [0.29, 0.717) is 41.8 Å². The van der Waals surface area contributed by atoms with Crippen molar-refractivity contribution in [2.24, 2.45) is 11.7 Å². The molecule has 0 spiro atoms. The minimum Gasteiger partial charge on any atom is -0.340 e. The fourth-order valence-corrected chi connectivity index (χ4v) is 3.32. The lowest BCUT2D eigenvalue weighted by molar-refractivity contribution is -0.139. The zero-order valence-corrected chi connectivity index (χ0v) is 13.5. The molecule has 3 rings (SSSR count). The number of carbonyl (C=O) groups is 2. The number of likely N-dealkylation sites (tertiary alicyclic amines) is 1. The van der Waals surface area contributed by atoms with Crippen LogP contribution in [0.2, 0.25) is 10.0 Å². The molecule has 0 bridgehead atoms. The Morgan fingerprint density at radius 1 is 1.18 bits per heavy atom. The summed E-state index contributed by atoms with van der Waals surface area (Å²) in [7, 11) is 0. The van der Waals surface area contributed by atoms with Gasteiger partial charge in [0.05, 0.1) is 10.0 Å². The highest BCUT2D eigenvalue weighted by atomic mass is 35.5. The Hall–Kier alpha value is -1.30. The Morgan fingerprint density at radius 2 is 1.95 bits per heavy atom. The molecule has 1 aromatic carbocycles. The van der Waals surface area contributed by atoms with Gasteiger partial charge in [-0.15, -0.1) is 0 Å². The smallest absolute Gasteiger partial charge is 0.239 e. The van der Waals surface area contributed by atoms with Gasteiger partial charge in [-0.2, -0.15) is 0 Å². The summed E-state index contributed by atoms with van der Waals surface area (Å²) in [5.41, 5.74) is 6.50. The molecule has 1 aromatic rings. The zero-order chi connectivity index (χ0) is 15.9. The Labute approximate surface area is 138 Å². The first-order valence-electron chi connectivity index (χ1n) is 7.28. The second-order valence-electron chi connectivity index (χ2n) is 5.76. The minimum atomic E-state index is -0.611. The van der Waals surface area contributed by atoms with Crippen molar-refractivity contribution in [3.8, 4) is 0 Å². The highest BCUT2D eigenvalue weighted by Crippen LogP contribution is 2.32. The Balaban J connectivity index is 1.74. The van der Waals surface area contributed by atoms with E-state index >= 15 is 0 Å². The van der Waals surface area contributed by atoms with Crippen molar-refractivity contribution < 1.29 is 9.59 Å². The number of anilines is 1. The number of nitrogens with zero attached hydrogens (tertiary/aromatic N) is 2. The molecule has 0 aliphatic carbocycles. The zero-order valence-electron chi connectivity index (χ0n) is 12.0. The van der Waals surface area contributed by atoms with Crippen LogP contribution in [0.25, 0.3) is 0 Å². The van der Waals surface area contributed by atoms with Crippen molar-refractivity contribution in [3.63, 3.8) is 0 Å². The van der Waals surface area contributed by atoms with Gasteiger partial charge in [-0.05, 0) is 31.0 Å². The third-order valence-corrected chi connectivity index (χ3v) is 4.99. The maximum Gasteiger partial charge on any atom is 0.239 e. The van der Waals surface area contributed by atoms with Crippen LogP contribution in [-0.2, 0) is 9.59 Å².